The molecule has 1 heterocycles. The molecule has 0 atom stereocenters. The number of halogens is 1. The molecule has 7 heteroatoms. The summed E-state index contributed by atoms with van der Waals surface area (Å²) in [6, 6.07) is -0.486. The van der Waals surface area contributed by atoms with Gasteiger partial charge in [-0.2, -0.15) is 0 Å². The fraction of sp³-hybridized carbons (Fsp3) is 0.778. The maximum Gasteiger partial charge on any atom is 0.335 e. The molecule has 1 saturated heterocycles. The molecular weight excluding hydrogens is 232 g/mol. The molecule has 0 aromatic carbocycles. The summed E-state index contributed by atoms with van der Waals surface area (Å²) in [5.74, 6) is -0.144. The number of amides is 3. The number of carbonyl (C=O) groups excluding carboxylic acids is 2. The Balaban J connectivity index is 2.21. The SMILES string of the molecule is CN1CCN(NC(=O)NC(=O)CCCl)CC1. The highest BCUT2D eigenvalue weighted by atomic mass is 35.5. The van der Waals surface area contributed by atoms with Crippen molar-refractivity contribution in [2.75, 3.05) is 39.1 Å². The molecular formula is C9H17ClN4O2. The van der Waals surface area contributed by atoms with E-state index in [1.807, 2.05) is 7.05 Å². The Morgan fingerprint density at radius 2 is 1.88 bits per heavy atom. The molecule has 0 spiro atoms. The Morgan fingerprint density at radius 1 is 1.25 bits per heavy atom. The molecule has 6 nitrogen and oxygen atoms in total. The molecule has 0 saturated carbocycles. The normalized spacial score (nSPS) is 18.1. The number of hydrazine groups is 1. The molecule has 3 amide bonds. The van der Waals surface area contributed by atoms with E-state index in [1.54, 1.807) is 5.01 Å². The van der Waals surface area contributed by atoms with Crippen LogP contribution in [-0.2, 0) is 4.79 Å². The number of likely N-dealkylation sites (N-methyl/N-ethyl adjacent to an activating group) is 1. The third-order valence-electron chi connectivity index (χ3n) is 2.34. The van der Waals surface area contributed by atoms with E-state index in [4.69, 9.17) is 11.6 Å². The van der Waals surface area contributed by atoms with Crippen molar-refractivity contribution in [3.63, 3.8) is 0 Å². The van der Waals surface area contributed by atoms with Crippen LogP contribution in [0.15, 0.2) is 0 Å². The minimum absolute atomic E-state index is 0.151. The largest absolute Gasteiger partial charge is 0.335 e. The number of hydrogen-bond acceptors (Lipinski definition) is 4. The second-order valence-corrected chi connectivity index (χ2v) is 4.10. The van der Waals surface area contributed by atoms with Crippen molar-refractivity contribution in [2.24, 2.45) is 0 Å². The van der Waals surface area contributed by atoms with Crippen LogP contribution in [-0.4, -0.2) is 61.0 Å². The first-order valence-electron chi connectivity index (χ1n) is 5.21. The maximum absolute atomic E-state index is 11.3. The molecule has 0 aliphatic carbocycles. The van der Waals surface area contributed by atoms with Gasteiger partial charge in [-0.05, 0) is 7.05 Å². The van der Waals surface area contributed by atoms with Crippen LogP contribution in [0.25, 0.3) is 0 Å². The lowest BCUT2D eigenvalue weighted by atomic mass is 10.4. The van der Waals surface area contributed by atoms with Crippen LogP contribution >= 0.6 is 11.6 Å². The summed E-state index contributed by atoms with van der Waals surface area (Å²) in [6.07, 6.45) is 0.151. The van der Waals surface area contributed by atoms with Crippen LogP contribution in [0.1, 0.15) is 6.42 Å². The lowest BCUT2D eigenvalue weighted by Crippen LogP contribution is -2.55. The molecule has 92 valence electrons. The van der Waals surface area contributed by atoms with Crippen LogP contribution in [0, 0.1) is 0 Å². The number of carbonyl (C=O) groups is 2. The third-order valence-corrected chi connectivity index (χ3v) is 2.53. The number of rotatable bonds is 3. The topological polar surface area (TPSA) is 64.7 Å². The number of urea groups is 1. The summed E-state index contributed by atoms with van der Waals surface area (Å²) in [4.78, 5) is 24.6. The van der Waals surface area contributed by atoms with E-state index in [9.17, 15) is 9.59 Å². The number of imide groups is 1. The van der Waals surface area contributed by atoms with E-state index in [-0.39, 0.29) is 18.2 Å². The highest BCUT2D eigenvalue weighted by Crippen LogP contribution is 1.95. The summed E-state index contributed by atoms with van der Waals surface area (Å²) < 4.78 is 0. The Hall–Kier alpha value is -0.850. The van der Waals surface area contributed by atoms with Gasteiger partial charge in [0.2, 0.25) is 5.91 Å². The van der Waals surface area contributed by atoms with Crippen molar-refractivity contribution in [3.05, 3.63) is 0 Å². The van der Waals surface area contributed by atoms with E-state index in [2.05, 4.69) is 15.6 Å². The predicted octanol–water partition coefficient (Wildman–Crippen LogP) is -0.396. The highest BCUT2D eigenvalue weighted by Gasteiger charge is 2.16. The number of nitrogens with zero attached hydrogens (tertiary/aromatic N) is 2. The Labute approximate surface area is 99.9 Å². The molecule has 16 heavy (non-hydrogen) atoms. The Kier molecular flexibility index (Phi) is 5.51. The van der Waals surface area contributed by atoms with Gasteiger partial charge in [0.25, 0.3) is 0 Å². The summed E-state index contributed by atoms with van der Waals surface area (Å²) in [6.45, 7) is 3.31. The average Bonchev–Trinajstić information content (AvgIpc) is 2.21. The van der Waals surface area contributed by atoms with E-state index >= 15 is 0 Å². The highest BCUT2D eigenvalue weighted by molar-refractivity contribution is 6.19. The first-order valence-corrected chi connectivity index (χ1v) is 5.75. The first kappa shape index (κ1) is 13.2. The first-order chi connectivity index (χ1) is 7.61. The van der Waals surface area contributed by atoms with Crippen LogP contribution in [0.3, 0.4) is 0 Å². The minimum atomic E-state index is -0.486. The van der Waals surface area contributed by atoms with Gasteiger partial charge in [0.1, 0.15) is 0 Å². The molecule has 0 unspecified atom stereocenters. The third kappa shape index (κ3) is 4.78. The van der Waals surface area contributed by atoms with Gasteiger partial charge in [-0.3, -0.25) is 15.5 Å². The molecule has 1 fully saturated rings. The van der Waals surface area contributed by atoms with E-state index in [1.165, 1.54) is 0 Å². The molecule has 0 aromatic rings. The Morgan fingerprint density at radius 3 is 2.44 bits per heavy atom. The van der Waals surface area contributed by atoms with E-state index in [0.29, 0.717) is 0 Å². The average molecular weight is 249 g/mol. The summed E-state index contributed by atoms with van der Waals surface area (Å²) >= 11 is 5.38. The van der Waals surface area contributed by atoms with Gasteiger partial charge >= 0.3 is 6.03 Å². The quantitative estimate of drug-likeness (QED) is 0.668. The molecule has 0 radical (unpaired) electrons. The lowest BCUT2D eigenvalue weighted by molar-refractivity contribution is -0.119. The van der Waals surface area contributed by atoms with Gasteiger partial charge in [0.05, 0.1) is 0 Å². The van der Waals surface area contributed by atoms with Crippen LogP contribution in [0.4, 0.5) is 4.79 Å². The van der Waals surface area contributed by atoms with Gasteiger partial charge in [-0.25, -0.2) is 9.80 Å². The monoisotopic (exact) mass is 248 g/mol. The zero-order chi connectivity index (χ0) is 12.0. The molecule has 1 aliphatic rings. The van der Waals surface area contributed by atoms with Crippen molar-refractivity contribution in [1.82, 2.24) is 20.7 Å². The molecule has 1 rings (SSSR count). The maximum atomic E-state index is 11.3. The van der Waals surface area contributed by atoms with Crippen molar-refractivity contribution >= 4 is 23.5 Å². The summed E-state index contributed by atoms with van der Waals surface area (Å²) in [5, 5.41) is 4.01. The van der Waals surface area contributed by atoms with Gasteiger partial charge < -0.3 is 4.90 Å². The fourth-order valence-electron chi connectivity index (χ4n) is 1.36. The van der Waals surface area contributed by atoms with Crippen molar-refractivity contribution in [3.8, 4) is 0 Å². The van der Waals surface area contributed by atoms with E-state index < -0.39 is 6.03 Å². The van der Waals surface area contributed by atoms with Gasteiger partial charge in [0.15, 0.2) is 0 Å². The van der Waals surface area contributed by atoms with Gasteiger partial charge in [-0.15, -0.1) is 11.6 Å². The van der Waals surface area contributed by atoms with Gasteiger partial charge in [-0.1, -0.05) is 0 Å². The number of alkyl halides is 1. The lowest BCUT2D eigenvalue weighted by Gasteiger charge is -2.32. The number of piperazine rings is 1. The molecule has 2 N–H and O–H groups in total. The van der Waals surface area contributed by atoms with Crippen molar-refractivity contribution in [2.45, 2.75) is 6.42 Å². The fourth-order valence-corrected chi connectivity index (χ4v) is 1.54. The van der Waals surface area contributed by atoms with Crippen molar-refractivity contribution < 1.29 is 9.59 Å². The summed E-state index contributed by atoms with van der Waals surface area (Å²) in [5.41, 5.74) is 2.62. The molecule has 1 aliphatic heterocycles. The smallest absolute Gasteiger partial charge is 0.304 e. The zero-order valence-electron chi connectivity index (χ0n) is 9.33. The Bertz CT molecular complexity index is 254. The predicted molar refractivity (Wildman–Crippen MR) is 61.1 cm³/mol. The van der Waals surface area contributed by atoms with Crippen LogP contribution in [0.2, 0.25) is 0 Å². The second kappa shape index (κ2) is 6.67. The van der Waals surface area contributed by atoms with E-state index in [0.717, 1.165) is 26.2 Å². The van der Waals surface area contributed by atoms with Gasteiger partial charge in [0, 0.05) is 38.5 Å². The standard InChI is InChI=1S/C9H17ClN4O2/c1-13-4-6-14(7-5-13)12-9(16)11-8(15)2-3-10/h2-7H2,1H3,(H2,11,12,15,16). The number of hydrogen-bond donors (Lipinski definition) is 2. The second-order valence-electron chi connectivity index (χ2n) is 3.72. The van der Waals surface area contributed by atoms with Crippen molar-refractivity contribution in [1.29, 1.82) is 0 Å². The zero-order valence-corrected chi connectivity index (χ0v) is 10.1. The molecule has 0 bridgehead atoms. The molecule has 0 aromatic heterocycles. The van der Waals surface area contributed by atoms with Crippen LogP contribution in [0.5, 0.6) is 0 Å². The summed E-state index contributed by atoms with van der Waals surface area (Å²) in [7, 11) is 2.03. The number of nitrogens with one attached hydrogen (secondary N) is 2. The van der Waals surface area contributed by atoms with Crippen LogP contribution < -0.4 is 10.7 Å². The minimum Gasteiger partial charge on any atom is -0.304 e.